The van der Waals surface area contributed by atoms with E-state index in [1.54, 1.807) is 0 Å². The van der Waals surface area contributed by atoms with E-state index in [0.29, 0.717) is 12.8 Å². The molecule has 0 radical (unpaired) electrons. The molecule has 20 heavy (non-hydrogen) atoms. The molecule has 0 unspecified atom stereocenters. The number of nitrogens with one attached hydrogen (secondary N) is 1. The molecular formula is C15H26N2O3. The van der Waals surface area contributed by atoms with Gasteiger partial charge in [0, 0.05) is 19.1 Å². The van der Waals surface area contributed by atoms with Crippen LogP contribution in [0.25, 0.3) is 0 Å². The molecule has 1 saturated carbocycles. The number of carboxylic acid groups (broad SMARTS) is 1. The van der Waals surface area contributed by atoms with Gasteiger partial charge in [0.15, 0.2) is 0 Å². The number of carboxylic acids is 1. The Labute approximate surface area is 120 Å². The van der Waals surface area contributed by atoms with Gasteiger partial charge in [-0.05, 0) is 38.0 Å². The number of hydrogen-bond donors (Lipinski definition) is 2. The number of carbonyl (C=O) groups excluding carboxylic acids is 1. The molecule has 2 rings (SSSR count). The van der Waals surface area contributed by atoms with Crippen LogP contribution in [0.3, 0.4) is 0 Å². The maximum atomic E-state index is 12.2. The third-order valence-corrected chi connectivity index (χ3v) is 4.71. The summed E-state index contributed by atoms with van der Waals surface area (Å²) in [5.74, 6) is -0.246. The Morgan fingerprint density at radius 2 is 1.90 bits per heavy atom. The lowest BCUT2D eigenvalue weighted by Crippen LogP contribution is -2.47. The van der Waals surface area contributed by atoms with Gasteiger partial charge in [0.1, 0.15) is 0 Å². The summed E-state index contributed by atoms with van der Waals surface area (Å²) in [5.41, 5.74) is 0. The van der Waals surface area contributed by atoms with Crippen molar-refractivity contribution in [3.63, 3.8) is 0 Å². The van der Waals surface area contributed by atoms with Crippen LogP contribution in [0.2, 0.25) is 0 Å². The van der Waals surface area contributed by atoms with E-state index in [1.807, 2.05) is 4.90 Å². The monoisotopic (exact) mass is 282 g/mol. The number of nitrogens with zero attached hydrogens (tertiary/aromatic N) is 1. The predicted molar refractivity (Wildman–Crippen MR) is 76.5 cm³/mol. The second-order valence-corrected chi connectivity index (χ2v) is 6.21. The third kappa shape index (κ3) is 3.87. The first-order valence-electron chi connectivity index (χ1n) is 7.88. The minimum absolute atomic E-state index is 0.00372. The molecule has 2 atom stereocenters. The van der Waals surface area contributed by atoms with E-state index in [2.05, 4.69) is 12.2 Å². The molecule has 5 nitrogen and oxygen atoms in total. The zero-order valence-electron chi connectivity index (χ0n) is 12.3. The minimum Gasteiger partial charge on any atom is -0.481 e. The van der Waals surface area contributed by atoms with Gasteiger partial charge in [-0.2, -0.15) is 0 Å². The molecule has 2 amide bonds. The lowest BCUT2D eigenvalue weighted by Gasteiger charge is -2.32. The molecule has 5 heteroatoms. The molecule has 2 aliphatic rings. The summed E-state index contributed by atoms with van der Waals surface area (Å²) in [6.07, 6.45) is 6.72. The first-order chi connectivity index (χ1) is 9.60. The summed E-state index contributed by atoms with van der Waals surface area (Å²) in [5, 5.41) is 12.0. The molecule has 114 valence electrons. The highest BCUT2D eigenvalue weighted by Crippen LogP contribution is 2.26. The van der Waals surface area contributed by atoms with Crippen LogP contribution in [0.15, 0.2) is 0 Å². The Balaban J connectivity index is 1.72. The van der Waals surface area contributed by atoms with Crippen LogP contribution < -0.4 is 5.32 Å². The molecule has 1 saturated heterocycles. The molecule has 1 heterocycles. The quantitative estimate of drug-likeness (QED) is 0.832. The van der Waals surface area contributed by atoms with E-state index in [4.69, 9.17) is 5.11 Å². The number of hydrogen-bond acceptors (Lipinski definition) is 2. The van der Waals surface area contributed by atoms with Crippen LogP contribution in [0, 0.1) is 11.8 Å². The van der Waals surface area contributed by atoms with Crippen molar-refractivity contribution in [1.82, 2.24) is 10.2 Å². The van der Waals surface area contributed by atoms with E-state index in [9.17, 15) is 9.59 Å². The van der Waals surface area contributed by atoms with E-state index in [-0.39, 0.29) is 18.0 Å². The van der Waals surface area contributed by atoms with Gasteiger partial charge in [-0.25, -0.2) is 4.79 Å². The van der Waals surface area contributed by atoms with E-state index < -0.39 is 5.97 Å². The van der Waals surface area contributed by atoms with Crippen LogP contribution in [0.1, 0.15) is 51.9 Å². The molecule has 0 aromatic heterocycles. The van der Waals surface area contributed by atoms with Gasteiger partial charge in [-0.15, -0.1) is 0 Å². The first kappa shape index (κ1) is 15.1. The number of likely N-dealkylation sites (tertiary alicyclic amines) is 1. The zero-order chi connectivity index (χ0) is 14.5. The molecule has 0 spiro atoms. The van der Waals surface area contributed by atoms with Crippen molar-refractivity contribution in [1.29, 1.82) is 0 Å². The Morgan fingerprint density at radius 3 is 2.45 bits per heavy atom. The number of urea groups is 1. The van der Waals surface area contributed by atoms with Crippen molar-refractivity contribution >= 4 is 12.0 Å². The Bertz CT molecular complexity index is 351. The topological polar surface area (TPSA) is 69.6 Å². The summed E-state index contributed by atoms with van der Waals surface area (Å²) in [7, 11) is 0. The highest BCUT2D eigenvalue weighted by molar-refractivity contribution is 5.75. The zero-order valence-corrected chi connectivity index (χ0v) is 12.3. The summed E-state index contributed by atoms with van der Waals surface area (Å²) in [6, 6.07) is 0.0351. The van der Waals surface area contributed by atoms with Crippen molar-refractivity contribution in [3.8, 4) is 0 Å². The second kappa shape index (κ2) is 6.95. The third-order valence-electron chi connectivity index (χ3n) is 4.71. The molecule has 0 aromatic carbocycles. The van der Waals surface area contributed by atoms with Gasteiger partial charge < -0.3 is 15.3 Å². The van der Waals surface area contributed by atoms with Crippen LogP contribution in [0.4, 0.5) is 4.79 Å². The fourth-order valence-electron chi connectivity index (χ4n) is 3.44. The molecular weight excluding hydrogens is 256 g/mol. The highest BCUT2D eigenvalue weighted by Gasteiger charge is 2.32. The number of rotatable bonds is 4. The highest BCUT2D eigenvalue weighted by atomic mass is 16.4. The average molecular weight is 282 g/mol. The van der Waals surface area contributed by atoms with Crippen LogP contribution in [0.5, 0.6) is 0 Å². The first-order valence-corrected chi connectivity index (χ1v) is 7.88. The number of amides is 2. The second-order valence-electron chi connectivity index (χ2n) is 6.21. The minimum atomic E-state index is -0.734. The van der Waals surface area contributed by atoms with E-state index >= 15 is 0 Å². The molecule has 0 bridgehead atoms. The maximum Gasteiger partial charge on any atom is 0.317 e. The fourth-order valence-corrected chi connectivity index (χ4v) is 3.44. The van der Waals surface area contributed by atoms with Crippen molar-refractivity contribution in [2.24, 2.45) is 11.8 Å². The predicted octanol–water partition coefficient (Wildman–Crippen LogP) is 2.46. The number of aliphatic carboxylic acids is 1. The molecule has 2 N–H and O–H groups in total. The normalized spacial score (nSPS) is 27.6. The SMILES string of the molecule is CCCC1CCN(C(=O)N[C@H]2CC[C@@H](C(=O)O)C2)CC1. The lowest BCUT2D eigenvalue weighted by atomic mass is 9.93. The van der Waals surface area contributed by atoms with Crippen LogP contribution >= 0.6 is 0 Å². The molecule has 0 aromatic rings. The van der Waals surface area contributed by atoms with Crippen molar-refractivity contribution < 1.29 is 14.7 Å². The van der Waals surface area contributed by atoms with Gasteiger partial charge >= 0.3 is 12.0 Å². The largest absolute Gasteiger partial charge is 0.481 e. The summed E-state index contributed by atoms with van der Waals surface area (Å²) >= 11 is 0. The summed E-state index contributed by atoms with van der Waals surface area (Å²) < 4.78 is 0. The van der Waals surface area contributed by atoms with E-state index in [0.717, 1.165) is 38.3 Å². The van der Waals surface area contributed by atoms with Gasteiger partial charge in [-0.1, -0.05) is 19.8 Å². The molecule has 2 fully saturated rings. The van der Waals surface area contributed by atoms with Crippen molar-refractivity contribution in [3.05, 3.63) is 0 Å². The van der Waals surface area contributed by atoms with Gasteiger partial charge in [0.2, 0.25) is 0 Å². The average Bonchev–Trinajstić information content (AvgIpc) is 2.88. The van der Waals surface area contributed by atoms with Crippen LogP contribution in [-0.2, 0) is 4.79 Å². The standard InChI is InChI=1S/C15H26N2O3/c1-2-3-11-6-8-17(9-7-11)15(20)16-13-5-4-12(10-13)14(18)19/h11-13H,2-10H2,1H3,(H,16,20)(H,18,19)/t12-,13+/m1/s1. The van der Waals surface area contributed by atoms with Gasteiger partial charge in [0.05, 0.1) is 5.92 Å². The van der Waals surface area contributed by atoms with Crippen molar-refractivity contribution in [2.45, 2.75) is 57.9 Å². The number of carbonyl (C=O) groups is 2. The van der Waals surface area contributed by atoms with Gasteiger partial charge in [-0.3, -0.25) is 4.79 Å². The molecule has 1 aliphatic carbocycles. The summed E-state index contributed by atoms with van der Waals surface area (Å²) in [6.45, 7) is 3.88. The Hall–Kier alpha value is -1.26. The van der Waals surface area contributed by atoms with E-state index in [1.165, 1.54) is 12.8 Å². The number of piperidine rings is 1. The smallest absolute Gasteiger partial charge is 0.317 e. The van der Waals surface area contributed by atoms with Gasteiger partial charge in [0.25, 0.3) is 0 Å². The Morgan fingerprint density at radius 1 is 1.20 bits per heavy atom. The maximum absolute atomic E-state index is 12.2. The molecule has 1 aliphatic heterocycles. The lowest BCUT2D eigenvalue weighted by molar-refractivity contribution is -0.141. The summed E-state index contributed by atoms with van der Waals surface area (Å²) in [4.78, 5) is 25.0. The van der Waals surface area contributed by atoms with Crippen LogP contribution in [-0.4, -0.2) is 41.1 Å². The fraction of sp³-hybridized carbons (Fsp3) is 0.867. The Kier molecular flexibility index (Phi) is 5.26. The van der Waals surface area contributed by atoms with Crippen molar-refractivity contribution in [2.75, 3.05) is 13.1 Å².